The zero-order valence-electron chi connectivity index (χ0n) is 17.6. The van der Waals surface area contributed by atoms with Gasteiger partial charge in [-0.15, -0.1) is 0 Å². The van der Waals surface area contributed by atoms with E-state index in [2.05, 4.69) is 29.6 Å². The molecule has 0 spiro atoms. The Labute approximate surface area is 171 Å². The number of fused-ring (bicyclic) bond motifs is 1. The fourth-order valence-electron chi connectivity index (χ4n) is 3.05. The molecule has 0 unspecified atom stereocenters. The molecule has 154 valence electrons. The van der Waals surface area contributed by atoms with Crippen LogP contribution in [0.5, 0.6) is 0 Å². The number of benzene rings is 1. The maximum atomic E-state index is 11.8. The van der Waals surface area contributed by atoms with Crippen LogP contribution in [0.25, 0.3) is 16.7 Å². The molecule has 0 fully saturated rings. The summed E-state index contributed by atoms with van der Waals surface area (Å²) in [7, 11) is 0. The van der Waals surface area contributed by atoms with Crippen LogP contribution in [0.1, 0.15) is 52.3 Å². The SMILES string of the molecule is CC[C@@H](C)c1nc(NCCNC(=O)CC(C)C)c2cnn(-c3ccccc3)c2n1. The summed E-state index contributed by atoms with van der Waals surface area (Å²) in [4.78, 5) is 21.4. The minimum absolute atomic E-state index is 0.0758. The highest BCUT2D eigenvalue weighted by molar-refractivity contribution is 5.87. The fourth-order valence-corrected chi connectivity index (χ4v) is 3.05. The highest BCUT2D eigenvalue weighted by Crippen LogP contribution is 2.26. The lowest BCUT2D eigenvalue weighted by Crippen LogP contribution is -2.29. The normalized spacial score (nSPS) is 12.3. The number of aromatic nitrogens is 4. The largest absolute Gasteiger partial charge is 0.368 e. The number of amides is 1. The average Bonchev–Trinajstić information content (AvgIpc) is 3.14. The minimum Gasteiger partial charge on any atom is -0.368 e. The lowest BCUT2D eigenvalue weighted by Gasteiger charge is -2.13. The molecule has 0 aliphatic carbocycles. The Bertz CT molecular complexity index is 951. The standard InChI is InChI=1S/C22H30N6O/c1-5-16(4)20-26-21(24-12-11-23-19(29)13-15(2)3)18-14-25-28(22(18)27-20)17-9-7-6-8-10-17/h6-10,14-16H,5,11-13H2,1-4H3,(H,23,29)(H,24,26,27)/t16-/m1/s1. The monoisotopic (exact) mass is 394 g/mol. The first-order valence-corrected chi connectivity index (χ1v) is 10.3. The van der Waals surface area contributed by atoms with E-state index in [4.69, 9.17) is 9.97 Å². The van der Waals surface area contributed by atoms with Crippen LogP contribution in [-0.2, 0) is 4.79 Å². The summed E-state index contributed by atoms with van der Waals surface area (Å²) in [6.07, 6.45) is 3.29. The van der Waals surface area contributed by atoms with Gasteiger partial charge in [-0.05, 0) is 24.5 Å². The van der Waals surface area contributed by atoms with Crippen molar-refractivity contribution < 1.29 is 4.79 Å². The van der Waals surface area contributed by atoms with E-state index in [9.17, 15) is 4.79 Å². The summed E-state index contributed by atoms with van der Waals surface area (Å²) >= 11 is 0. The molecule has 29 heavy (non-hydrogen) atoms. The van der Waals surface area contributed by atoms with Gasteiger partial charge < -0.3 is 10.6 Å². The maximum absolute atomic E-state index is 11.8. The average molecular weight is 395 g/mol. The molecule has 1 amide bonds. The number of para-hydroxylation sites is 1. The lowest BCUT2D eigenvalue weighted by molar-refractivity contribution is -0.121. The van der Waals surface area contributed by atoms with Gasteiger partial charge in [0.1, 0.15) is 11.6 Å². The van der Waals surface area contributed by atoms with Gasteiger partial charge in [-0.1, -0.05) is 45.9 Å². The molecule has 2 heterocycles. The smallest absolute Gasteiger partial charge is 0.220 e. The molecule has 1 atom stereocenters. The van der Waals surface area contributed by atoms with Gasteiger partial charge >= 0.3 is 0 Å². The van der Waals surface area contributed by atoms with Crippen molar-refractivity contribution in [2.45, 2.75) is 46.5 Å². The van der Waals surface area contributed by atoms with Gasteiger partial charge in [-0.2, -0.15) is 5.10 Å². The first-order chi connectivity index (χ1) is 14.0. The maximum Gasteiger partial charge on any atom is 0.220 e. The Balaban J connectivity index is 1.84. The molecular formula is C22H30N6O. The van der Waals surface area contributed by atoms with Crippen LogP contribution in [0, 0.1) is 5.92 Å². The lowest BCUT2D eigenvalue weighted by atomic mass is 10.1. The summed E-state index contributed by atoms with van der Waals surface area (Å²) in [5.41, 5.74) is 1.75. The van der Waals surface area contributed by atoms with Gasteiger partial charge in [-0.3, -0.25) is 4.79 Å². The highest BCUT2D eigenvalue weighted by atomic mass is 16.1. The third kappa shape index (κ3) is 5.10. The molecule has 2 N–H and O–H groups in total. The number of anilines is 1. The Morgan fingerprint density at radius 1 is 1.10 bits per heavy atom. The molecule has 0 aliphatic rings. The van der Waals surface area contributed by atoms with E-state index in [0.717, 1.165) is 34.8 Å². The number of rotatable bonds is 9. The molecule has 0 aliphatic heterocycles. The fraction of sp³-hybridized carbons (Fsp3) is 0.455. The second-order valence-electron chi connectivity index (χ2n) is 7.74. The molecule has 0 saturated heterocycles. The molecule has 0 radical (unpaired) electrons. The van der Waals surface area contributed by atoms with Crippen LogP contribution in [-0.4, -0.2) is 38.7 Å². The van der Waals surface area contributed by atoms with Crippen molar-refractivity contribution in [3.8, 4) is 5.69 Å². The van der Waals surface area contributed by atoms with Crippen molar-refractivity contribution in [2.75, 3.05) is 18.4 Å². The Morgan fingerprint density at radius 2 is 1.86 bits per heavy atom. The highest BCUT2D eigenvalue weighted by Gasteiger charge is 2.16. The van der Waals surface area contributed by atoms with Crippen LogP contribution < -0.4 is 10.6 Å². The first kappa shape index (κ1) is 20.8. The van der Waals surface area contributed by atoms with Gasteiger partial charge in [0, 0.05) is 25.4 Å². The second-order valence-corrected chi connectivity index (χ2v) is 7.74. The van der Waals surface area contributed by atoms with Gasteiger partial charge in [-0.25, -0.2) is 14.6 Å². The molecule has 3 rings (SSSR count). The van der Waals surface area contributed by atoms with Crippen molar-refractivity contribution in [1.82, 2.24) is 25.1 Å². The number of nitrogens with zero attached hydrogens (tertiary/aromatic N) is 4. The number of hydrogen-bond acceptors (Lipinski definition) is 5. The van der Waals surface area contributed by atoms with E-state index in [1.165, 1.54) is 0 Å². The van der Waals surface area contributed by atoms with Crippen LogP contribution in [0.3, 0.4) is 0 Å². The zero-order chi connectivity index (χ0) is 20.8. The van der Waals surface area contributed by atoms with Crippen LogP contribution in [0.4, 0.5) is 5.82 Å². The molecule has 7 heteroatoms. The van der Waals surface area contributed by atoms with Crippen LogP contribution in [0.2, 0.25) is 0 Å². The third-order valence-electron chi connectivity index (χ3n) is 4.83. The van der Waals surface area contributed by atoms with Gasteiger partial charge in [0.2, 0.25) is 5.91 Å². The Kier molecular flexibility index (Phi) is 6.80. The second kappa shape index (κ2) is 9.49. The Hall–Kier alpha value is -2.96. The molecule has 7 nitrogen and oxygen atoms in total. The van der Waals surface area contributed by atoms with Crippen molar-refractivity contribution >= 4 is 22.8 Å². The summed E-state index contributed by atoms with van der Waals surface area (Å²) in [5, 5.41) is 11.7. The predicted molar refractivity (Wildman–Crippen MR) is 116 cm³/mol. The van der Waals surface area contributed by atoms with Gasteiger partial charge in [0.15, 0.2) is 5.65 Å². The first-order valence-electron chi connectivity index (χ1n) is 10.3. The molecule has 0 saturated carbocycles. The van der Waals surface area contributed by atoms with E-state index < -0.39 is 0 Å². The Morgan fingerprint density at radius 3 is 2.55 bits per heavy atom. The van der Waals surface area contributed by atoms with E-state index in [-0.39, 0.29) is 11.8 Å². The predicted octanol–water partition coefficient (Wildman–Crippen LogP) is 3.90. The quantitative estimate of drug-likeness (QED) is 0.538. The molecule has 3 aromatic rings. The minimum atomic E-state index is 0.0758. The zero-order valence-corrected chi connectivity index (χ0v) is 17.6. The van der Waals surface area contributed by atoms with E-state index in [1.54, 1.807) is 6.20 Å². The molecule has 0 bridgehead atoms. The van der Waals surface area contributed by atoms with Gasteiger partial charge in [0.05, 0.1) is 17.3 Å². The summed E-state index contributed by atoms with van der Waals surface area (Å²) < 4.78 is 1.85. The van der Waals surface area contributed by atoms with Crippen LogP contribution in [0.15, 0.2) is 36.5 Å². The van der Waals surface area contributed by atoms with E-state index in [0.29, 0.717) is 25.4 Å². The molecule has 1 aromatic carbocycles. The van der Waals surface area contributed by atoms with E-state index >= 15 is 0 Å². The number of hydrogen-bond donors (Lipinski definition) is 2. The summed E-state index contributed by atoms with van der Waals surface area (Å²) in [6.45, 7) is 9.46. The van der Waals surface area contributed by atoms with E-state index in [1.807, 2.05) is 48.9 Å². The van der Waals surface area contributed by atoms with Crippen molar-refractivity contribution in [1.29, 1.82) is 0 Å². The number of nitrogens with one attached hydrogen (secondary N) is 2. The van der Waals surface area contributed by atoms with Crippen LogP contribution >= 0.6 is 0 Å². The molecule has 2 aromatic heterocycles. The van der Waals surface area contributed by atoms with Crippen molar-refractivity contribution in [3.05, 3.63) is 42.4 Å². The van der Waals surface area contributed by atoms with Gasteiger partial charge in [0.25, 0.3) is 0 Å². The third-order valence-corrected chi connectivity index (χ3v) is 4.83. The summed E-state index contributed by atoms with van der Waals surface area (Å²) in [5.74, 6) is 2.22. The molecular weight excluding hydrogens is 364 g/mol. The number of carbonyl (C=O) groups is 1. The van der Waals surface area contributed by atoms with Crippen molar-refractivity contribution in [2.24, 2.45) is 5.92 Å². The summed E-state index contributed by atoms with van der Waals surface area (Å²) in [6, 6.07) is 9.97. The topological polar surface area (TPSA) is 84.7 Å². The number of carbonyl (C=O) groups excluding carboxylic acids is 1. The van der Waals surface area contributed by atoms with Crippen molar-refractivity contribution in [3.63, 3.8) is 0 Å².